The van der Waals surface area contributed by atoms with E-state index in [1.807, 2.05) is 26.0 Å². The van der Waals surface area contributed by atoms with Crippen LogP contribution in [-0.2, 0) is 4.79 Å². The normalized spacial score (nSPS) is 13.0. The van der Waals surface area contributed by atoms with Crippen LogP contribution >= 0.6 is 23.4 Å². The lowest BCUT2D eigenvalue weighted by Gasteiger charge is -2.27. The molecule has 0 amide bonds. The van der Waals surface area contributed by atoms with Crippen LogP contribution in [0.1, 0.15) is 20.3 Å². The zero-order valence-corrected chi connectivity index (χ0v) is 13.2. The fraction of sp³-hybridized carbons (Fsp3) is 0.500. The largest absolute Gasteiger partial charge is 0.494 e. The molecule has 1 aromatic rings. The van der Waals surface area contributed by atoms with E-state index in [1.54, 1.807) is 23.9 Å². The van der Waals surface area contributed by atoms with Crippen molar-refractivity contribution in [1.82, 2.24) is 0 Å². The Labute approximate surface area is 128 Å². The monoisotopic (exact) mass is 317 g/mol. The molecule has 1 aromatic carbocycles. The van der Waals surface area contributed by atoms with Gasteiger partial charge in [-0.3, -0.25) is 4.79 Å². The molecule has 6 heteroatoms. The average molecular weight is 318 g/mol. The van der Waals surface area contributed by atoms with Crippen molar-refractivity contribution in [3.63, 3.8) is 0 Å². The number of halogens is 1. The molecule has 0 saturated heterocycles. The maximum atomic E-state index is 10.9. The average Bonchev–Trinajstić information content (AvgIpc) is 2.39. The van der Waals surface area contributed by atoms with Crippen LogP contribution in [0.3, 0.4) is 0 Å². The summed E-state index contributed by atoms with van der Waals surface area (Å²) in [4.78, 5) is 10.9. The summed E-state index contributed by atoms with van der Waals surface area (Å²) in [6, 6.07) is 6.32. The van der Waals surface area contributed by atoms with E-state index in [1.165, 1.54) is 0 Å². The third kappa shape index (κ3) is 5.61. The molecule has 0 bridgehead atoms. The van der Waals surface area contributed by atoms with Crippen molar-refractivity contribution in [2.75, 3.05) is 12.4 Å². The molecule has 4 nitrogen and oxygen atoms in total. The number of thioether (sulfide) groups is 1. The van der Waals surface area contributed by atoms with Gasteiger partial charge in [-0.15, -0.1) is 0 Å². The lowest BCUT2D eigenvalue weighted by atomic mass is 10.1. The van der Waals surface area contributed by atoms with Gasteiger partial charge in [0.25, 0.3) is 0 Å². The van der Waals surface area contributed by atoms with Crippen LogP contribution in [-0.4, -0.2) is 34.2 Å². The van der Waals surface area contributed by atoms with E-state index in [2.05, 4.69) is 0 Å². The second kappa shape index (κ2) is 7.76. The van der Waals surface area contributed by atoms with Crippen LogP contribution in [0.25, 0.3) is 0 Å². The minimum atomic E-state index is -0.972. The second-order valence-corrected chi connectivity index (χ2v) is 7.11. The summed E-state index contributed by atoms with van der Waals surface area (Å²) in [5.74, 6) is 0.600. The van der Waals surface area contributed by atoms with E-state index in [4.69, 9.17) is 27.2 Å². The first-order chi connectivity index (χ1) is 9.33. The van der Waals surface area contributed by atoms with Gasteiger partial charge in [-0.25, -0.2) is 0 Å². The molecule has 0 unspecified atom stereocenters. The van der Waals surface area contributed by atoms with Crippen molar-refractivity contribution in [1.29, 1.82) is 0 Å². The van der Waals surface area contributed by atoms with E-state index in [0.717, 1.165) is 17.9 Å². The third-order valence-corrected chi connectivity index (χ3v) is 4.60. The summed E-state index contributed by atoms with van der Waals surface area (Å²) >= 11 is 7.33. The Morgan fingerprint density at radius 3 is 2.60 bits per heavy atom. The zero-order chi connectivity index (χ0) is 15.2. The Morgan fingerprint density at radius 1 is 1.45 bits per heavy atom. The molecule has 0 aromatic heterocycles. The zero-order valence-electron chi connectivity index (χ0n) is 11.6. The Hall–Kier alpha value is -0.910. The minimum Gasteiger partial charge on any atom is -0.494 e. The van der Waals surface area contributed by atoms with Crippen molar-refractivity contribution >= 4 is 29.3 Å². The number of carbonyl (C=O) groups is 1. The summed E-state index contributed by atoms with van der Waals surface area (Å²) < 4.78 is 5.07. The second-order valence-electron chi connectivity index (χ2n) is 4.92. The Bertz CT molecular complexity index is 437. The predicted octanol–water partition coefficient (Wildman–Crippen LogP) is 3.03. The molecule has 0 aliphatic heterocycles. The molecular weight excluding hydrogens is 298 g/mol. The fourth-order valence-electron chi connectivity index (χ4n) is 1.50. The number of carboxylic acids is 1. The third-order valence-electron chi connectivity index (χ3n) is 2.86. The first-order valence-corrected chi connectivity index (χ1v) is 7.70. The molecule has 0 fully saturated rings. The number of nitrogens with two attached hydrogens (primary N) is 1. The van der Waals surface area contributed by atoms with Crippen molar-refractivity contribution in [3.8, 4) is 5.75 Å². The number of benzene rings is 1. The smallest absolute Gasteiger partial charge is 0.321 e. The van der Waals surface area contributed by atoms with E-state index < -0.39 is 16.8 Å². The standard InChI is InChI=1S/C14H20ClNO3S/c1-14(2,12(16)13(17)18)20-9-3-8-19-11-6-4-10(15)5-7-11/h4-7,12H,3,8-9,16H2,1-2H3,(H,17,18)/t12-/m0/s1. The molecule has 0 heterocycles. The van der Waals surface area contributed by atoms with Gasteiger partial charge in [0.15, 0.2) is 0 Å². The Morgan fingerprint density at radius 2 is 2.05 bits per heavy atom. The summed E-state index contributed by atoms with van der Waals surface area (Å²) in [6.07, 6.45) is 0.822. The van der Waals surface area contributed by atoms with Crippen LogP contribution in [0, 0.1) is 0 Å². The van der Waals surface area contributed by atoms with E-state index in [-0.39, 0.29) is 0 Å². The van der Waals surface area contributed by atoms with Gasteiger partial charge < -0.3 is 15.6 Å². The molecule has 0 aliphatic carbocycles. The summed E-state index contributed by atoms with van der Waals surface area (Å²) in [7, 11) is 0. The minimum absolute atomic E-state index is 0.494. The van der Waals surface area contributed by atoms with Gasteiger partial charge in [-0.05, 0) is 50.3 Å². The first kappa shape index (κ1) is 17.1. The number of rotatable bonds is 8. The fourth-order valence-corrected chi connectivity index (χ4v) is 2.70. The van der Waals surface area contributed by atoms with Crippen LogP contribution in [0.2, 0.25) is 5.02 Å². The lowest BCUT2D eigenvalue weighted by molar-refractivity contribution is -0.139. The number of hydrogen-bond donors (Lipinski definition) is 2. The summed E-state index contributed by atoms with van der Waals surface area (Å²) in [5, 5.41) is 9.60. The topological polar surface area (TPSA) is 72.5 Å². The van der Waals surface area contributed by atoms with Gasteiger partial charge in [0.1, 0.15) is 11.8 Å². The molecule has 1 atom stereocenters. The van der Waals surface area contributed by atoms with Crippen LogP contribution < -0.4 is 10.5 Å². The van der Waals surface area contributed by atoms with Crippen LogP contribution in [0.5, 0.6) is 5.75 Å². The quantitative estimate of drug-likeness (QED) is 0.721. The maximum Gasteiger partial charge on any atom is 0.321 e. The molecule has 0 saturated carbocycles. The highest BCUT2D eigenvalue weighted by Gasteiger charge is 2.32. The number of ether oxygens (including phenoxy) is 1. The van der Waals surface area contributed by atoms with Gasteiger partial charge in [-0.2, -0.15) is 11.8 Å². The molecular formula is C14H20ClNO3S. The molecule has 0 aliphatic rings. The number of carboxylic acid groups (broad SMARTS) is 1. The highest BCUT2D eigenvalue weighted by molar-refractivity contribution is 8.00. The SMILES string of the molecule is CC(C)(SCCCOc1ccc(Cl)cc1)[C@@H](N)C(=O)O. The van der Waals surface area contributed by atoms with E-state index >= 15 is 0 Å². The van der Waals surface area contributed by atoms with Crippen molar-refractivity contribution < 1.29 is 14.6 Å². The lowest BCUT2D eigenvalue weighted by Crippen LogP contribution is -2.46. The van der Waals surface area contributed by atoms with E-state index in [9.17, 15) is 4.79 Å². The van der Waals surface area contributed by atoms with Gasteiger partial charge in [0.05, 0.1) is 6.61 Å². The van der Waals surface area contributed by atoms with Crippen molar-refractivity contribution in [3.05, 3.63) is 29.3 Å². The Kier molecular flexibility index (Phi) is 6.65. The van der Waals surface area contributed by atoms with Crippen LogP contribution in [0.15, 0.2) is 24.3 Å². The molecule has 3 N–H and O–H groups in total. The molecule has 0 radical (unpaired) electrons. The van der Waals surface area contributed by atoms with Crippen LogP contribution in [0.4, 0.5) is 0 Å². The number of aliphatic carboxylic acids is 1. The molecule has 112 valence electrons. The highest BCUT2D eigenvalue weighted by Crippen LogP contribution is 2.28. The van der Waals surface area contributed by atoms with Gasteiger partial charge in [0.2, 0.25) is 0 Å². The van der Waals surface area contributed by atoms with Gasteiger partial charge in [0, 0.05) is 9.77 Å². The Balaban J connectivity index is 2.25. The first-order valence-electron chi connectivity index (χ1n) is 6.33. The van der Waals surface area contributed by atoms with Gasteiger partial charge >= 0.3 is 5.97 Å². The number of hydrogen-bond acceptors (Lipinski definition) is 4. The molecule has 20 heavy (non-hydrogen) atoms. The molecule has 0 spiro atoms. The van der Waals surface area contributed by atoms with Crippen molar-refractivity contribution in [2.45, 2.75) is 31.1 Å². The van der Waals surface area contributed by atoms with Gasteiger partial charge in [-0.1, -0.05) is 11.6 Å². The summed E-state index contributed by atoms with van der Waals surface area (Å²) in [6.45, 7) is 4.26. The van der Waals surface area contributed by atoms with E-state index in [0.29, 0.717) is 11.6 Å². The summed E-state index contributed by atoms with van der Waals surface area (Å²) in [5.41, 5.74) is 5.65. The predicted molar refractivity (Wildman–Crippen MR) is 83.7 cm³/mol. The maximum absolute atomic E-state index is 10.9. The molecule has 1 rings (SSSR count). The van der Waals surface area contributed by atoms with Crippen molar-refractivity contribution in [2.24, 2.45) is 5.73 Å². The highest BCUT2D eigenvalue weighted by atomic mass is 35.5.